The molecule has 3 aliphatic carbocycles. The zero-order chi connectivity index (χ0) is 9.69. The summed E-state index contributed by atoms with van der Waals surface area (Å²) in [7, 11) is 0. The summed E-state index contributed by atoms with van der Waals surface area (Å²) in [4.78, 5) is 22.3. The zero-order valence-electron chi connectivity index (χ0n) is 7.63. The lowest BCUT2D eigenvalue weighted by molar-refractivity contribution is -0.222. The second kappa shape index (κ2) is 2.25. The molecule has 3 fully saturated rings. The average Bonchev–Trinajstić information content (AvgIpc) is 1.79. The Morgan fingerprint density at radius 3 is 2.23 bits per heavy atom. The van der Waals surface area contributed by atoms with Crippen LogP contribution in [0.2, 0.25) is 0 Å². The first kappa shape index (κ1) is 8.53. The number of ether oxygens (including phenoxy) is 1. The summed E-state index contributed by atoms with van der Waals surface area (Å²) < 4.78 is 4.92. The number of amides is 1. The summed E-state index contributed by atoms with van der Waals surface area (Å²) in [6.45, 7) is 2.19. The van der Waals surface area contributed by atoms with Crippen molar-refractivity contribution in [3.8, 4) is 0 Å². The summed E-state index contributed by atoms with van der Waals surface area (Å²) in [5, 5.41) is 0. The van der Waals surface area contributed by atoms with Gasteiger partial charge in [0, 0.05) is 0 Å². The minimum absolute atomic E-state index is 0.155. The molecule has 72 valence electrons. The fraction of sp³-hybridized carbons (Fsp3) is 0.778. The highest BCUT2D eigenvalue weighted by Crippen LogP contribution is 2.73. The second-order valence-corrected chi connectivity index (χ2v) is 4.18. The maximum atomic E-state index is 11.4. The van der Waals surface area contributed by atoms with Gasteiger partial charge in [0.25, 0.3) is 0 Å². The van der Waals surface area contributed by atoms with Crippen LogP contribution in [0.5, 0.6) is 0 Å². The fourth-order valence-electron chi connectivity index (χ4n) is 2.55. The van der Waals surface area contributed by atoms with Crippen LogP contribution in [0.1, 0.15) is 26.2 Å². The topological polar surface area (TPSA) is 69.4 Å². The van der Waals surface area contributed by atoms with E-state index in [1.54, 1.807) is 6.92 Å². The molecule has 0 atom stereocenters. The van der Waals surface area contributed by atoms with Crippen molar-refractivity contribution in [1.82, 2.24) is 0 Å². The number of carbonyl (C=O) groups is 2. The van der Waals surface area contributed by atoms with Crippen LogP contribution in [0, 0.1) is 10.8 Å². The number of rotatable bonds is 3. The highest BCUT2D eigenvalue weighted by Gasteiger charge is 2.75. The summed E-state index contributed by atoms with van der Waals surface area (Å²) in [6, 6.07) is 0. The Bertz CT molecular complexity index is 265. The molecule has 0 aromatic heterocycles. The predicted octanol–water partition coefficient (Wildman–Crippen LogP) is 0.205. The standard InChI is InChI=1S/C9H13NO3/c1-2-13-7(12)9-3-8(4-9,5-9)6(10)11/h2-5H2,1H3,(H2,10,11)/t8-,9-. The molecular formula is C9H13NO3. The van der Waals surface area contributed by atoms with Crippen LogP contribution in [0.3, 0.4) is 0 Å². The average molecular weight is 183 g/mol. The highest BCUT2D eigenvalue weighted by atomic mass is 16.5. The lowest BCUT2D eigenvalue weighted by atomic mass is 9.35. The van der Waals surface area contributed by atoms with Crippen molar-refractivity contribution in [2.24, 2.45) is 16.6 Å². The number of carbonyl (C=O) groups excluding carboxylic acids is 2. The van der Waals surface area contributed by atoms with Crippen molar-refractivity contribution in [2.75, 3.05) is 6.61 Å². The Morgan fingerprint density at radius 2 is 1.85 bits per heavy atom. The highest BCUT2D eigenvalue weighted by molar-refractivity contribution is 5.92. The Labute approximate surface area is 76.4 Å². The number of hydrogen-bond donors (Lipinski definition) is 1. The molecule has 2 N–H and O–H groups in total. The molecule has 13 heavy (non-hydrogen) atoms. The fourth-order valence-corrected chi connectivity index (χ4v) is 2.55. The van der Waals surface area contributed by atoms with Gasteiger partial charge in [0.1, 0.15) is 0 Å². The van der Waals surface area contributed by atoms with E-state index in [1.165, 1.54) is 0 Å². The molecule has 3 rings (SSSR count). The van der Waals surface area contributed by atoms with E-state index in [1.807, 2.05) is 0 Å². The molecule has 0 aromatic rings. The minimum Gasteiger partial charge on any atom is -0.466 e. The Kier molecular flexibility index (Phi) is 1.47. The van der Waals surface area contributed by atoms with E-state index in [-0.39, 0.29) is 22.7 Å². The molecule has 0 unspecified atom stereocenters. The maximum absolute atomic E-state index is 11.4. The first-order chi connectivity index (χ1) is 6.05. The van der Waals surface area contributed by atoms with Gasteiger partial charge in [-0.05, 0) is 26.2 Å². The number of primary amides is 1. The van der Waals surface area contributed by atoms with Crippen molar-refractivity contribution in [2.45, 2.75) is 26.2 Å². The van der Waals surface area contributed by atoms with E-state index in [2.05, 4.69) is 0 Å². The molecule has 2 bridgehead atoms. The Hall–Kier alpha value is -1.06. The summed E-state index contributed by atoms with van der Waals surface area (Å²) >= 11 is 0. The zero-order valence-corrected chi connectivity index (χ0v) is 7.63. The van der Waals surface area contributed by atoms with Gasteiger partial charge in [0.2, 0.25) is 5.91 Å². The molecule has 3 saturated carbocycles. The molecule has 0 spiro atoms. The molecule has 0 radical (unpaired) electrons. The van der Waals surface area contributed by atoms with Crippen molar-refractivity contribution < 1.29 is 14.3 Å². The van der Waals surface area contributed by atoms with E-state index in [4.69, 9.17) is 10.5 Å². The molecule has 3 aliphatic rings. The molecule has 4 nitrogen and oxygen atoms in total. The van der Waals surface area contributed by atoms with Crippen molar-refractivity contribution >= 4 is 11.9 Å². The van der Waals surface area contributed by atoms with Gasteiger partial charge in [-0.25, -0.2) is 0 Å². The third-order valence-corrected chi connectivity index (χ3v) is 3.26. The SMILES string of the molecule is CCOC(=O)[C@]12C[C@@](C(N)=O)(C1)C2. The van der Waals surface area contributed by atoms with Crippen molar-refractivity contribution in [3.05, 3.63) is 0 Å². The number of hydrogen-bond acceptors (Lipinski definition) is 3. The lowest BCUT2D eigenvalue weighted by Crippen LogP contribution is -2.70. The second-order valence-electron chi connectivity index (χ2n) is 4.18. The monoisotopic (exact) mass is 183 g/mol. The smallest absolute Gasteiger partial charge is 0.312 e. The number of esters is 1. The van der Waals surface area contributed by atoms with Crippen molar-refractivity contribution in [3.63, 3.8) is 0 Å². The van der Waals surface area contributed by atoms with Gasteiger partial charge >= 0.3 is 5.97 Å². The van der Waals surface area contributed by atoms with Crippen LogP contribution in [-0.4, -0.2) is 18.5 Å². The van der Waals surface area contributed by atoms with Gasteiger partial charge in [-0.3, -0.25) is 9.59 Å². The van der Waals surface area contributed by atoms with Crippen LogP contribution in [0.25, 0.3) is 0 Å². The minimum atomic E-state index is -0.354. The third-order valence-electron chi connectivity index (χ3n) is 3.26. The molecule has 0 saturated heterocycles. The molecule has 0 heterocycles. The van der Waals surface area contributed by atoms with Gasteiger partial charge in [0.15, 0.2) is 0 Å². The molecule has 0 aliphatic heterocycles. The van der Waals surface area contributed by atoms with E-state index in [0.29, 0.717) is 25.9 Å². The summed E-state index contributed by atoms with van der Waals surface area (Å²) in [5.74, 6) is -0.420. The Balaban J connectivity index is 1.96. The molecular weight excluding hydrogens is 170 g/mol. The lowest BCUT2D eigenvalue weighted by Gasteiger charge is -2.66. The first-order valence-corrected chi connectivity index (χ1v) is 4.52. The van der Waals surface area contributed by atoms with E-state index in [0.717, 1.165) is 0 Å². The predicted molar refractivity (Wildman–Crippen MR) is 44.5 cm³/mol. The van der Waals surface area contributed by atoms with E-state index in [9.17, 15) is 9.59 Å². The van der Waals surface area contributed by atoms with Crippen LogP contribution in [-0.2, 0) is 14.3 Å². The van der Waals surface area contributed by atoms with Gasteiger partial charge in [-0.2, -0.15) is 0 Å². The first-order valence-electron chi connectivity index (χ1n) is 4.52. The molecule has 1 amide bonds. The molecule has 4 heteroatoms. The normalized spacial score (nSPS) is 40.1. The number of nitrogens with two attached hydrogens (primary N) is 1. The maximum Gasteiger partial charge on any atom is 0.312 e. The quantitative estimate of drug-likeness (QED) is 0.635. The van der Waals surface area contributed by atoms with Gasteiger partial charge < -0.3 is 10.5 Å². The van der Waals surface area contributed by atoms with Crippen LogP contribution < -0.4 is 5.73 Å². The van der Waals surface area contributed by atoms with E-state index < -0.39 is 0 Å². The van der Waals surface area contributed by atoms with Crippen LogP contribution in [0.15, 0.2) is 0 Å². The molecule has 0 aromatic carbocycles. The Morgan fingerprint density at radius 1 is 1.31 bits per heavy atom. The third kappa shape index (κ3) is 0.857. The largest absolute Gasteiger partial charge is 0.466 e. The van der Waals surface area contributed by atoms with Crippen molar-refractivity contribution in [1.29, 1.82) is 0 Å². The van der Waals surface area contributed by atoms with Gasteiger partial charge in [-0.1, -0.05) is 0 Å². The van der Waals surface area contributed by atoms with Gasteiger partial charge in [0.05, 0.1) is 17.4 Å². The summed E-state index contributed by atoms with van der Waals surface area (Å²) in [6.07, 6.45) is 1.82. The van der Waals surface area contributed by atoms with Gasteiger partial charge in [-0.15, -0.1) is 0 Å². The van der Waals surface area contributed by atoms with Crippen LogP contribution >= 0.6 is 0 Å². The van der Waals surface area contributed by atoms with Crippen LogP contribution in [0.4, 0.5) is 0 Å². The summed E-state index contributed by atoms with van der Waals surface area (Å²) in [5.41, 5.74) is 4.52. The van der Waals surface area contributed by atoms with E-state index >= 15 is 0 Å².